The Balaban J connectivity index is 1.63. The van der Waals surface area contributed by atoms with E-state index in [0.29, 0.717) is 15.8 Å². The number of likely N-dealkylation sites (N-methyl/N-ethyl adjacent to an activating group) is 1. The number of aromatic carboxylic acids is 1. The molecule has 2 aromatic carbocycles. The largest absolute Gasteiger partial charge is 0.478 e. The first-order chi connectivity index (χ1) is 15.8. The van der Waals surface area contributed by atoms with Crippen molar-refractivity contribution in [2.24, 2.45) is 4.99 Å². The highest BCUT2D eigenvalue weighted by Gasteiger charge is 2.30. The Labute approximate surface area is 197 Å². The number of aliphatic imine (C=N–C) groups is 1. The van der Waals surface area contributed by atoms with E-state index >= 15 is 0 Å². The predicted molar refractivity (Wildman–Crippen MR) is 133 cm³/mol. The van der Waals surface area contributed by atoms with Gasteiger partial charge in [0.2, 0.25) is 0 Å². The van der Waals surface area contributed by atoms with Crippen LogP contribution in [0.3, 0.4) is 0 Å². The van der Waals surface area contributed by atoms with Crippen LogP contribution < -0.4 is 0 Å². The number of amides is 1. The number of carboxylic acid groups (broad SMARTS) is 1. The topological polar surface area (TPSA) is 74.9 Å². The summed E-state index contributed by atoms with van der Waals surface area (Å²) in [6, 6.07) is 16.9. The van der Waals surface area contributed by atoms with E-state index in [4.69, 9.17) is 5.11 Å². The minimum absolute atomic E-state index is 0.113. The van der Waals surface area contributed by atoms with E-state index in [1.54, 1.807) is 19.2 Å². The van der Waals surface area contributed by atoms with Gasteiger partial charge in [-0.3, -0.25) is 9.69 Å². The molecule has 0 atom stereocenters. The molecular formula is C26H25N3O3S. The van der Waals surface area contributed by atoms with E-state index < -0.39 is 5.97 Å². The van der Waals surface area contributed by atoms with Crippen molar-refractivity contribution in [2.75, 3.05) is 7.05 Å². The van der Waals surface area contributed by atoms with Crippen LogP contribution in [-0.2, 0) is 11.2 Å². The molecule has 0 saturated carbocycles. The fraction of sp³-hybridized carbons (Fsp3) is 0.192. The first-order valence-electron chi connectivity index (χ1n) is 10.7. The van der Waals surface area contributed by atoms with Crippen LogP contribution in [0.2, 0.25) is 0 Å². The van der Waals surface area contributed by atoms with Crippen LogP contribution in [0.25, 0.3) is 11.8 Å². The molecule has 3 aromatic rings. The third-order valence-corrected chi connectivity index (χ3v) is 6.76. The first kappa shape index (κ1) is 22.6. The zero-order chi connectivity index (χ0) is 23.7. The average Bonchev–Trinajstić information content (AvgIpc) is 3.23. The summed E-state index contributed by atoms with van der Waals surface area (Å²) in [6.07, 6.45) is 2.92. The molecule has 0 aliphatic carbocycles. The number of carbonyl (C=O) groups excluding carboxylic acids is 1. The van der Waals surface area contributed by atoms with Crippen LogP contribution in [0, 0.1) is 13.8 Å². The van der Waals surface area contributed by atoms with Crippen LogP contribution in [0.15, 0.2) is 64.5 Å². The molecule has 6 nitrogen and oxygen atoms in total. The lowest BCUT2D eigenvalue weighted by molar-refractivity contribution is -0.121. The Morgan fingerprint density at radius 2 is 1.76 bits per heavy atom. The van der Waals surface area contributed by atoms with Gasteiger partial charge in [0.15, 0.2) is 5.17 Å². The van der Waals surface area contributed by atoms with Crippen LogP contribution in [0.5, 0.6) is 0 Å². The molecule has 7 heteroatoms. The van der Waals surface area contributed by atoms with Gasteiger partial charge in [0.05, 0.1) is 16.2 Å². The Morgan fingerprint density at radius 1 is 1.09 bits per heavy atom. The molecule has 33 heavy (non-hydrogen) atoms. The maximum Gasteiger partial charge on any atom is 0.335 e. The molecule has 0 radical (unpaired) electrons. The van der Waals surface area contributed by atoms with Gasteiger partial charge in [-0.15, -0.1) is 0 Å². The number of hydrogen-bond acceptors (Lipinski definition) is 4. The number of carboxylic acids is 1. The van der Waals surface area contributed by atoms with Gasteiger partial charge in [-0.2, -0.15) is 0 Å². The molecule has 1 fully saturated rings. The second-order valence-electron chi connectivity index (χ2n) is 7.90. The summed E-state index contributed by atoms with van der Waals surface area (Å²) < 4.78 is 2.19. The van der Waals surface area contributed by atoms with Crippen molar-refractivity contribution in [2.45, 2.75) is 27.2 Å². The smallest absolute Gasteiger partial charge is 0.335 e. The van der Waals surface area contributed by atoms with Crippen molar-refractivity contribution in [3.63, 3.8) is 0 Å². The van der Waals surface area contributed by atoms with Gasteiger partial charge < -0.3 is 9.67 Å². The first-order valence-corrected chi connectivity index (χ1v) is 11.5. The van der Waals surface area contributed by atoms with Crippen LogP contribution >= 0.6 is 11.8 Å². The standard InChI is InChI=1S/C26H25N3O3S/c1-5-18-6-12-22(13-7-18)29-16(2)14-20(17(29)3)15-23-24(30)28(4)26(33-23)27-21-10-8-19(9-11-21)25(31)32/h6-15H,5H2,1-4H3,(H,31,32)/b23-15-,27-26?. The molecule has 0 bridgehead atoms. The van der Waals surface area contributed by atoms with E-state index in [1.165, 1.54) is 34.4 Å². The highest BCUT2D eigenvalue weighted by atomic mass is 32.2. The second kappa shape index (κ2) is 9.11. The SMILES string of the molecule is CCc1ccc(-n2c(C)cc(/C=C3\SC(=Nc4ccc(C(=O)O)cc4)N(C)C3=O)c2C)cc1. The lowest BCUT2D eigenvalue weighted by atomic mass is 10.1. The van der Waals surface area contributed by atoms with Gasteiger partial charge in [0, 0.05) is 24.1 Å². The fourth-order valence-electron chi connectivity index (χ4n) is 3.79. The molecule has 1 amide bonds. The monoisotopic (exact) mass is 459 g/mol. The number of aromatic nitrogens is 1. The summed E-state index contributed by atoms with van der Waals surface area (Å²) in [7, 11) is 1.69. The molecule has 1 aliphatic rings. The third-order valence-electron chi connectivity index (χ3n) is 5.70. The minimum Gasteiger partial charge on any atom is -0.478 e. The number of nitrogens with zero attached hydrogens (tertiary/aromatic N) is 3. The number of aryl methyl sites for hydroxylation is 2. The molecular weight excluding hydrogens is 434 g/mol. The van der Waals surface area contributed by atoms with Crippen LogP contribution in [0.4, 0.5) is 5.69 Å². The molecule has 168 valence electrons. The summed E-state index contributed by atoms with van der Waals surface area (Å²) in [6.45, 7) is 6.26. The number of amidine groups is 1. The maximum atomic E-state index is 12.9. The van der Waals surface area contributed by atoms with Gasteiger partial charge in [-0.25, -0.2) is 9.79 Å². The zero-order valence-electron chi connectivity index (χ0n) is 19.0. The van der Waals surface area contributed by atoms with Gasteiger partial charge in [0.25, 0.3) is 5.91 Å². The highest BCUT2D eigenvalue weighted by molar-refractivity contribution is 8.18. The molecule has 0 spiro atoms. The number of rotatable bonds is 5. The van der Waals surface area contributed by atoms with Crippen molar-refractivity contribution in [1.29, 1.82) is 0 Å². The zero-order valence-corrected chi connectivity index (χ0v) is 19.8. The lowest BCUT2D eigenvalue weighted by Gasteiger charge is -2.10. The minimum atomic E-state index is -0.985. The third kappa shape index (κ3) is 4.50. The second-order valence-corrected chi connectivity index (χ2v) is 8.91. The Bertz CT molecular complexity index is 1290. The highest BCUT2D eigenvalue weighted by Crippen LogP contribution is 2.34. The number of carbonyl (C=O) groups is 2. The van der Waals surface area contributed by atoms with Gasteiger partial charge >= 0.3 is 5.97 Å². The average molecular weight is 460 g/mol. The Morgan fingerprint density at radius 3 is 2.36 bits per heavy atom. The normalized spacial score (nSPS) is 16.2. The maximum absolute atomic E-state index is 12.9. The van der Waals surface area contributed by atoms with Crippen LogP contribution in [0.1, 0.15) is 39.8 Å². The summed E-state index contributed by atoms with van der Waals surface area (Å²) in [5.41, 5.74) is 6.34. The van der Waals surface area contributed by atoms with Gasteiger partial charge in [0.1, 0.15) is 0 Å². The van der Waals surface area contributed by atoms with Gasteiger partial charge in [-0.05, 0) is 91.7 Å². The molecule has 2 heterocycles. The molecule has 0 unspecified atom stereocenters. The number of thioether (sulfide) groups is 1. The summed E-state index contributed by atoms with van der Waals surface area (Å²) in [5, 5.41) is 9.60. The molecule has 1 saturated heterocycles. The van der Waals surface area contributed by atoms with Crippen molar-refractivity contribution in [3.8, 4) is 5.69 Å². The van der Waals surface area contributed by atoms with Crippen molar-refractivity contribution < 1.29 is 14.7 Å². The van der Waals surface area contributed by atoms with E-state index in [2.05, 4.69) is 60.7 Å². The summed E-state index contributed by atoms with van der Waals surface area (Å²) in [5.74, 6) is -1.10. The molecule has 1 aromatic heterocycles. The lowest BCUT2D eigenvalue weighted by Crippen LogP contribution is -2.23. The van der Waals surface area contributed by atoms with E-state index in [9.17, 15) is 9.59 Å². The predicted octanol–water partition coefficient (Wildman–Crippen LogP) is 5.59. The molecule has 4 rings (SSSR count). The van der Waals surface area contributed by atoms with Crippen molar-refractivity contribution >= 4 is 40.6 Å². The van der Waals surface area contributed by atoms with Gasteiger partial charge in [-0.1, -0.05) is 19.1 Å². The molecule has 1 aliphatic heterocycles. The molecule has 1 N–H and O–H groups in total. The van der Waals surface area contributed by atoms with Crippen LogP contribution in [-0.4, -0.2) is 38.7 Å². The van der Waals surface area contributed by atoms with Crippen molar-refractivity contribution in [3.05, 3.63) is 87.6 Å². The quantitative estimate of drug-likeness (QED) is 0.505. The van der Waals surface area contributed by atoms with E-state index in [1.807, 2.05) is 6.08 Å². The van der Waals surface area contributed by atoms with Crippen molar-refractivity contribution in [1.82, 2.24) is 9.47 Å². The number of benzene rings is 2. The Hall–Kier alpha value is -3.58. The fourth-order valence-corrected chi connectivity index (χ4v) is 4.77. The summed E-state index contributed by atoms with van der Waals surface area (Å²) in [4.78, 5) is 30.6. The summed E-state index contributed by atoms with van der Waals surface area (Å²) >= 11 is 1.31. The number of hydrogen-bond donors (Lipinski definition) is 1. The Kier molecular flexibility index (Phi) is 6.24. The van der Waals surface area contributed by atoms with E-state index in [0.717, 1.165) is 29.1 Å². The van der Waals surface area contributed by atoms with E-state index in [-0.39, 0.29) is 11.5 Å².